The molecule has 1 fully saturated rings. The van der Waals surface area contributed by atoms with Crippen molar-refractivity contribution in [3.05, 3.63) is 72.2 Å². The third-order valence-electron chi connectivity index (χ3n) is 5.16. The second-order valence-corrected chi connectivity index (χ2v) is 7.48. The standard InChI is InChI=1S/C24H23FN4O3/c25-17-5-9-20(10-6-17)32-19-7-3-16(4-8-19)21-14-18(15-22(28-21)24(26)31)27-11-13-29-12-1-2-23(29)30/h3-10,14-15H,1-2,11-13H2,(H2,26,31)(H,27,28). The second kappa shape index (κ2) is 9.47. The predicted molar refractivity (Wildman–Crippen MR) is 119 cm³/mol. The van der Waals surface area contributed by atoms with Gasteiger partial charge in [-0.3, -0.25) is 9.59 Å². The van der Waals surface area contributed by atoms with Crippen LogP contribution in [0.3, 0.4) is 0 Å². The van der Waals surface area contributed by atoms with Crippen molar-refractivity contribution in [2.75, 3.05) is 25.0 Å². The summed E-state index contributed by atoms with van der Waals surface area (Å²) in [5.41, 5.74) is 7.66. The minimum atomic E-state index is -0.624. The lowest BCUT2D eigenvalue weighted by Gasteiger charge is -2.16. The molecule has 32 heavy (non-hydrogen) atoms. The highest BCUT2D eigenvalue weighted by Crippen LogP contribution is 2.27. The zero-order chi connectivity index (χ0) is 22.5. The summed E-state index contributed by atoms with van der Waals surface area (Å²) in [5, 5.41) is 3.25. The molecular weight excluding hydrogens is 411 g/mol. The third kappa shape index (κ3) is 5.21. The lowest BCUT2D eigenvalue weighted by atomic mass is 10.1. The summed E-state index contributed by atoms with van der Waals surface area (Å²) in [5.74, 6) is 0.324. The van der Waals surface area contributed by atoms with Crippen LogP contribution in [0.2, 0.25) is 0 Å². The minimum Gasteiger partial charge on any atom is -0.457 e. The fourth-order valence-corrected chi connectivity index (χ4v) is 3.51. The maximum atomic E-state index is 13.0. The molecule has 3 aromatic rings. The molecule has 1 aliphatic heterocycles. The van der Waals surface area contributed by atoms with Crippen LogP contribution in [0.1, 0.15) is 23.3 Å². The normalized spacial score (nSPS) is 13.3. The molecule has 1 saturated heterocycles. The van der Waals surface area contributed by atoms with Crippen LogP contribution < -0.4 is 15.8 Å². The van der Waals surface area contributed by atoms with E-state index < -0.39 is 5.91 Å². The number of halogens is 1. The predicted octanol–water partition coefficient (Wildman–Crippen LogP) is 3.81. The van der Waals surface area contributed by atoms with Crippen molar-refractivity contribution in [3.8, 4) is 22.8 Å². The van der Waals surface area contributed by atoms with Crippen molar-refractivity contribution in [2.45, 2.75) is 12.8 Å². The number of likely N-dealkylation sites (tertiary alicyclic amines) is 1. The number of benzene rings is 2. The first-order valence-corrected chi connectivity index (χ1v) is 10.4. The van der Waals surface area contributed by atoms with E-state index in [1.165, 1.54) is 12.1 Å². The van der Waals surface area contributed by atoms with Gasteiger partial charge in [-0.2, -0.15) is 0 Å². The van der Waals surface area contributed by atoms with Gasteiger partial charge in [0.1, 0.15) is 23.0 Å². The number of primary amides is 1. The number of ether oxygens (including phenoxy) is 1. The van der Waals surface area contributed by atoms with Gasteiger partial charge in [0, 0.05) is 37.3 Å². The minimum absolute atomic E-state index is 0.147. The van der Waals surface area contributed by atoms with Crippen LogP contribution in [0.15, 0.2) is 60.7 Å². The van der Waals surface area contributed by atoms with Gasteiger partial charge in [0.15, 0.2) is 0 Å². The van der Waals surface area contributed by atoms with E-state index in [1.54, 1.807) is 30.3 Å². The van der Waals surface area contributed by atoms with Gasteiger partial charge in [0.2, 0.25) is 5.91 Å². The highest BCUT2D eigenvalue weighted by molar-refractivity contribution is 5.92. The van der Waals surface area contributed by atoms with Crippen molar-refractivity contribution in [1.29, 1.82) is 0 Å². The van der Waals surface area contributed by atoms with Crippen LogP contribution in [0.4, 0.5) is 10.1 Å². The van der Waals surface area contributed by atoms with E-state index in [4.69, 9.17) is 10.5 Å². The number of carbonyl (C=O) groups is 2. The molecule has 3 N–H and O–H groups in total. The van der Waals surface area contributed by atoms with Crippen molar-refractivity contribution in [2.24, 2.45) is 5.73 Å². The Kier molecular flexibility index (Phi) is 6.30. The third-order valence-corrected chi connectivity index (χ3v) is 5.16. The Morgan fingerprint density at radius 2 is 1.78 bits per heavy atom. The Hall–Kier alpha value is -3.94. The van der Waals surface area contributed by atoms with Gasteiger partial charge >= 0.3 is 0 Å². The van der Waals surface area contributed by atoms with Gasteiger partial charge in [-0.15, -0.1) is 0 Å². The Labute approximate surface area is 185 Å². The summed E-state index contributed by atoms with van der Waals surface area (Å²) < 4.78 is 18.8. The average molecular weight is 434 g/mol. The van der Waals surface area contributed by atoms with E-state index in [0.717, 1.165) is 18.5 Å². The average Bonchev–Trinajstić information content (AvgIpc) is 3.20. The van der Waals surface area contributed by atoms with Crippen LogP contribution in [0, 0.1) is 5.82 Å². The molecule has 4 rings (SSSR count). The fourth-order valence-electron chi connectivity index (χ4n) is 3.51. The van der Waals surface area contributed by atoms with Gasteiger partial charge in [-0.05, 0) is 67.1 Å². The largest absolute Gasteiger partial charge is 0.457 e. The van der Waals surface area contributed by atoms with Crippen LogP contribution in [-0.4, -0.2) is 41.3 Å². The molecule has 0 aliphatic carbocycles. The van der Waals surface area contributed by atoms with Crippen molar-refractivity contribution < 1.29 is 18.7 Å². The number of amides is 2. The molecule has 164 valence electrons. The molecule has 1 aromatic heterocycles. The number of hydrogen-bond donors (Lipinski definition) is 2. The first-order valence-electron chi connectivity index (χ1n) is 10.4. The lowest BCUT2D eigenvalue weighted by Crippen LogP contribution is -2.30. The van der Waals surface area contributed by atoms with E-state index in [9.17, 15) is 14.0 Å². The maximum Gasteiger partial charge on any atom is 0.267 e. The zero-order valence-corrected chi connectivity index (χ0v) is 17.4. The SMILES string of the molecule is NC(=O)c1cc(NCCN2CCCC2=O)cc(-c2ccc(Oc3ccc(F)cc3)cc2)n1. The number of anilines is 1. The van der Waals surface area contributed by atoms with E-state index in [1.807, 2.05) is 23.1 Å². The number of pyridine rings is 1. The summed E-state index contributed by atoms with van der Waals surface area (Å²) in [6, 6.07) is 16.4. The Bertz CT molecular complexity index is 1120. The van der Waals surface area contributed by atoms with Crippen molar-refractivity contribution in [1.82, 2.24) is 9.88 Å². The smallest absolute Gasteiger partial charge is 0.267 e. The van der Waals surface area contributed by atoms with E-state index in [2.05, 4.69) is 10.3 Å². The van der Waals surface area contributed by atoms with Gasteiger partial charge < -0.3 is 20.7 Å². The van der Waals surface area contributed by atoms with Gasteiger partial charge in [0.05, 0.1) is 5.69 Å². The van der Waals surface area contributed by atoms with Gasteiger partial charge in [-0.1, -0.05) is 0 Å². The second-order valence-electron chi connectivity index (χ2n) is 7.48. The molecule has 2 amide bonds. The fraction of sp³-hybridized carbons (Fsp3) is 0.208. The topological polar surface area (TPSA) is 97.6 Å². The molecule has 2 heterocycles. The Morgan fingerprint density at radius 3 is 2.41 bits per heavy atom. The molecule has 0 unspecified atom stereocenters. The van der Waals surface area contributed by atoms with E-state index in [0.29, 0.717) is 42.4 Å². The Balaban J connectivity index is 1.48. The van der Waals surface area contributed by atoms with Crippen molar-refractivity contribution in [3.63, 3.8) is 0 Å². The Morgan fingerprint density at radius 1 is 1.09 bits per heavy atom. The van der Waals surface area contributed by atoms with Crippen LogP contribution in [-0.2, 0) is 4.79 Å². The van der Waals surface area contributed by atoms with Gasteiger partial charge in [-0.25, -0.2) is 9.37 Å². The number of carbonyl (C=O) groups excluding carboxylic acids is 2. The molecule has 0 radical (unpaired) electrons. The molecule has 2 aromatic carbocycles. The molecule has 1 aliphatic rings. The summed E-state index contributed by atoms with van der Waals surface area (Å²) >= 11 is 0. The van der Waals surface area contributed by atoms with Crippen LogP contribution in [0.25, 0.3) is 11.3 Å². The molecule has 0 atom stereocenters. The first kappa shape index (κ1) is 21.3. The van der Waals surface area contributed by atoms with Gasteiger partial charge in [0.25, 0.3) is 5.91 Å². The maximum absolute atomic E-state index is 13.0. The summed E-state index contributed by atoms with van der Waals surface area (Å²) in [6.45, 7) is 1.93. The van der Waals surface area contributed by atoms with Crippen LogP contribution >= 0.6 is 0 Å². The summed E-state index contributed by atoms with van der Waals surface area (Å²) in [4.78, 5) is 29.7. The molecular formula is C24H23FN4O3. The number of nitrogens with two attached hydrogens (primary N) is 1. The molecule has 0 bridgehead atoms. The summed E-state index contributed by atoms with van der Waals surface area (Å²) in [6.07, 6.45) is 1.50. The van der Waals surface area contributed by atoms with Crippen LogP contribution in [0.5, 0.6) is 11.5 Å². The van der Waals surface area contributed by atoms with E-state index >= 15 is 0 Å². The number of hydrogen-bond acceptors (Lipinski definition) is 5. The highest BCUT2D eigenvalue weighted by atomic mass is 19.1. The lowest BCUT2D eigenvalue weighted by molar-refractivity contribution is -0.127. The zero-order valence-electron chi connectivity index (χ0n) is 17.4. The monoisotopic (exact) mass is 434 g/mol. The number of aromatic nitrogens is 1. The number of nitrogens with zero attached hydrogens (tertiary/aromatic N) is 2. The van der Waals surface area contributed by atoms with Crippen molar-refractivity contribution >= 4 is 17.5 Å². The molecule has 7 nitrogen and oxygen atoms in total. The number of nitrogens with one attached hydrogen (secondary N) is 1. The first-order chi connectivity index (χ1) is 15.5. The molecule has 0 saturated carbocycles. The summed E-state index contributed by atoms with van der Waals surface area (Å²) in [7, 11) is 0. The quantitative estimate of drug-likeness (QED) is 0.562. The highest BCUT2D eigenvalue weighted by Gasteiger charge is 2.19. The molecule has 0 spiro atoms. The number of rotatable bonds is 8. The van der Waals surface area contributed by atoms with E-state index in [-0.39, 0.29) is 17.4 Å². The molecule has 8 heteroatoms.